The lowest BCUT2D eigenvalue weighted by Crippen LogP contribution is -2.40. The second kappa shape index (κ2) is 7.46. The van der Waals surface area contributed by atoms with E-state index in [1.807, 2.05) is 0 Å². The number of aliphatic hydroxyl groups is 1. The topological polar surface area (TPSA) is 90.2 Å². The number of likely N-dealkylation sites (tertiary alicyclic amines) is 1. The Morgan fingerprint density at radius 3 is 2.76 bits per heavy atom. The largest absolute Gasteiger partial charge is 0.469 e. The highest BCUT2D eigenvalue weighted by Gasteiger charge is 2.23. The summed E-state index contributed by atoms with van der Waals surface area (Å²) in [6.45, 7) is 2.12. The van der Waals surface area contributed by atoms with Crippen LogP contribution in [-0.2, 0) is 9.09 Å². The van der Waals surface area contributed by atoms with Gasteiger partial charge in [-0.25, -0.2) is 4.57 Å². The van der Waals surface area contributed by atoms with Crippen molar-refractivity contribution in [3.05, 3.63) is 0 Å². The maximum absolute atomic E-state index is 10.6. The van der Waals surface area contributed by atoms with Crippen LogP contribution in [0.1, 0.15) is 32.1 Å². The average Bonchev–Trinajstić information content (AvgIpc) is 2.26. The molecule has 1 fully saturated rings. The summed E-state index contributed by atoms with van der Waals surface area (Å²) >= 11 is 0. The first kappa shape index (κ1) is 15.1. The van der Waals surface area contributed by atoms with E-state index in [1.54, 1.807) is 0 Å². The normalized spacial score (nSPS) is 22.9. The summed E-state index contributed by atoms with van der Waals surface area (Å²) in [5.41, 5.74) is 0. The number of piperidine rings is 1. The fourth-order valence-corrected chi connectivity index (χ4v) is 2.61. The molecule has 0 aromatic carbocycles. The molecule has 0 spiro atoms. The van der Waals surface area contributed by atoms with E-state index in [4.69, 9.17) is 14.9 Å². The van der Waals surface area contributed by atoms with Crippen LogP contribution in [0.15, 0.2) is 0 Å². The molecule has 1 aliphatic heterocycles. The summed E-state index contributed by atoms with van der Waals surface area (Å²) in [5, 5.41) is 8.81. The number of rotatable bonds is 7. The van der Waals surface area contributed by atoms with E-state index in [0.29, 0.717) is 12.5 Å². The first-order chi connectivity index (χ1) is 8.03. The van der Waals surface area contributed by atoms with Gasteiger partial charge in [0, 0.05) is 19.2 Å². The van der Waals surface area contributed by atoms with Crippen molar-refractivity contribution >= 4 is 7.82 Å². The Balaban J connectivity index is 2.29. The molecular weight excluding hydrogens is 245 g/mol. The molecule has 1 rings (SSSR count). The van der Waals surface area contributed by atoms with Gasteiger partial charge in [0.05, 0.1) is 6.61 Å². The van der Waals surface area contributed by atoms with Crippen LogP contribution < -0.4 is 0 Å². The summed E-state index contributed by atoms with van der Waals surface area (Å²) in [5.74, 6) is 0. The van der Waals surface area contributed by atoms with Gasteiger partial charge in [-0.1, -0.05) is 6.42 Å². The Hall–Kier alpha value is 0.0300. The van der Waals surface area contributed by atoms with E-state index >= 15 is 0 Å². The highest BCUT2D eigenvalue weighted by molar-refractivity contribution is 7.46. The third kappa shape index (κ3) is 6.50. The van der Waals surface area contributed by atoms with E-state index in [0.717, 1.165) is 38.8 Å². The van der Waals surface area contributed by atoms with Gasteiger partial charge in [0.2, 0.25) is 0 Å². The molecular formula is C10H22NO5P. The Morgan fingerprint density at radius 1 is 1.35 bits per heavy atom. The monoisotopic (exact) mass is 267 g/mol. The van der Waals surface area contributed by atoms with Gasteiger partial charge in [-0.2, -0.15) is 0 Å². The van der Waals surface area contributed by atoms with E-state index in [9.17, 15) is 4.57 Å². The minimum Gasteiger partial charge on any atom is -0.396 e. The molecule has 0 radical (unpaired) electrons. The fraction of sp³-hybridized carbons (Fsp3) is 1.00. The van der Waals surface area contributed by atoms with Crippen molar-refractivity contribution in [3.8, 4) is 0 Å². The summed E-state index contributed by atoms with van der Waals surface area (Å²) in [7, 11) is -4.33. The molecule has 0 bridgehead atoms. The number of nitrogens with zero attached hydrogens (tertiary/aromatic N) is 1. The predicted octanol–water partition coefficient (Wildman–Crippen LogP) is 0.723. The van der Waals surface area contributed by atoms with Crippen molar-refractivity contribution in [2.75, 3.05) is 26.3 Å². The molecule has 0 aliphatic carbocycles. The van der Waals surface area contributed by atoms with Gasteiger partial charge in [0.15, 0.2) is 0 Å². The van der Waals surface area contributed by atoms with E-state index in [1.165, 1.54) is 0 Å². The van der Waals surface area contributed by atoms with Crippen LogP contribution in [-0.4, -0.2) is 52.1 Å². The highest BCUT2D eigenvalue weighted by atomic mass is 31.2. The van der Waals surface area contributed by atoms with Crippen molar-refractivity contribution in [1.29, 1.82) is 0 Å². The number of phosphoric ester groups is 1. The maximum atomic E-state index is 10.6. The zero-order valence-electron chi connectivity index (χ0n) is 9.99. The summed E-state index contributed by atoms with van der Waals surface area (Å²) in [4.78, 5) is 19.5. The summed E-state index contributed by atoms with van der Waals surface area (Å²) < 4.78 is 15.0. The van der Waals surface area contributed by atoms with Gasteiger partial charge in [-0.15, -0.1) is 0 Å². The maximum Gasteiger partial charge on any atom is 0.469 e. The van der Waals surface area contributed by atoms with Crippen molar-refractivity contribution < 1.29 is 24.0 Å². The lowest BCUT2D eigenvalue weighted by molar-refractivity contribution is 0.106. The zero-order valence-corrected chi connectivity index (χ0v) is 10.9. The molecule has 0 aromatic heterocycles. The van der Waals surface area contributed by atoms with Crippen molar-refractivity contribution in [3.63, 3.8) is 0 Å². The molecule has 1 saturated heterocycles. The molecule has 102 valence electrons. The zero-order chi connectivity index (χ0) is 12.7. The van der Waals surface area contributed by atoms with Gasteiger partial charge in [0.25, 0.3) is 0 Å². The lowest BCUT2D eigenvalue weighted by Gasteiger charge is -2.35. The molecule has 1 heterocycles. The predicted molar refractivity (Wildman–Crippen MR) is 63.5 cm³/mol. The molecule has 0 saturated carbocycles. The van der Waals surface area contributed by atoms with E-state index in [2.05, 4.69) is 9.42 Å². The standard InChI is InChI=1S/C10H22NO5P/c12-8-3-7-11-6-2-1-4-10(11)5-9-16-17(13,14)15/h10,12H,1-9H2,(H2,13,14,15). The van der Waals surface area contributed by atoms with Gasteiger partial charge in [0.1, 0.15) is 0 Å². The molecule has 7 heteroatoms. The second-order valence-electron chi connectivity index (χ2n) is 4.38. The first-order valence-corrected chi connectivity index (χ1v) is 7.61. The van der Waals surface area contributed by atoms with Crippen LogP contribution in [0.25, 0.3) is 0 Å². The van der Waals surface area contributed by atoms with Crippen LogP contribution in [0.2, 0.25) is 0 Å². The van der Waals surface area contributed by atoms with Gasteiger partial charge in [-0.3, -0.25) is 4.52 Å². The second-order valence-corrected chi connectivity index (χ2v) is 5.61. The summed E-state index contributed by atoms with van der Waals surface area (Å²) in [6, 6.07) is 0.321. The molecule has 1 aliphatic rings. The van der Waals surface area contributed by atoms with Crippen LogP contribution in [0.5, 0.6) is 0 Å². The molecule has 6 nitrogen and oxygen atoms in total. The quantitative estimate of drug-likeness (QED) is 0.589. The first-order valence-electron chi connectivity index (χ1n) is 6.08. The molecule has 1 atom stereocenters. The fourth-order valence-electron chi connectivity index (χ4n) is 2.26. The molecule has 0 amide bonds. The average molecular weight is 267 g/mol. The Bertz CT molecular complexity index is 257. The highest BCUT2D eigenvalue weighted by Crippen LogP contribution is 2.36. The molecule has 3 N–H and O–H groups in total. The Labute approximate surface area is 102 Å². The van der Waals surface area contributed by atoms with Crippen molar-refractivity contribution in [1.82, 2.24) is 4.90 Å². The Morgan fingerprint density at radius 2 is 2.12 bits per heavy atom. The Kier molecular flexibility index (Phi) is 6.62. The lowest BCUT2D eigenvalue weighted by atomic mass is 9.99. The van der Waals surface area contributed by atoms with Crippen LogP contribution >= 0.6 is 7.82 Å². The minimum absolute atomic E-state index is 0.0879. The molecule has 17 heavy (non-hydrogen) atoms. The van der Waals surface area contributed by atoms with E-state index in [-0.39, 0.29) is 13.2 Å². The minimum atomic E-state index is -4.33. The van der Waals surface area contributed by atoms with Crippen LogP contribution in [0.4, 0.5) is 0 Å². The third-order valence-electron chi connectivity index (χ3n) is 3.06. The number of phosphoric acid groups is 1. The van der Waals surface area contributed by atoms with E-state index < -0.39 is 7.82 Å². The van der Waals surface area contributed by atoms with Gasteiger partial charge >= 0.3 is 7.82 Å². The van der Waals surface area contributed by atoms with Crippen LogP contribution in [0.3, 0.4) is 0 Å². The SMILES string of the molecule is O=P(O)(O)OCCC1CCCCN1CCCO. The molecule has 0 aromatic rings. The number of hydrogen-bond donors (Lipinski definition) is 3. The number of hydrogen-bond acceptors (Lipinski definition) is 4. The third-order valence-corrected chi connectivity index (χ3v) is 3.58. The smallest absolute Gasteiger partial charge is 0.396 e. The van der Waals surface area contributed by atoms with Gasteiger partial charge in [-0.05, 0) is 32.2 Å². The van der Waals surface area contributed by atoms with Crippen LogP contribution in [0, 0.1) is 0 Å². The number of aliphatic hydroxyl groups excluding tert-OH is 1. The molecule has 1 unspecified atom stereocenters. The van der Waals surface area contributed by atoms with Gasteiger partial charge < -0.3 is 19.8 Å². The summed E-state index contributed by atoms with van der Waals surface area (Å²) in [6.07, 6.45) is 4.72. The van der Waals surface area contributed by atoms with Crippen molar-refractivity contribution in [2.24, 2.45) is 0 Å². The van der Waals surface area contributed by atoms with Crippen molar-refractivity contribution in [2.45, 2.75) is 38.1 Å².